The first-order chi connectivity index (χ1) is 12.1. The summed E-state index contributed by atoms with van der Waals surface area (Å²) in [6.45, 7) is 0.535. The van der Waals surface area contributed by atoms with Crippen molar-refractivity contribution >= 4 is 28.8 Å². The second-order valence-corrected chi connectivity index (χ2v) is 7.31. The first-order valence-electron chi connectivity index (χ1n) is 8.06. The Morgan fingerprint density at radius 1 is 1.16 bits per heavy atom. The number of rotatable bonds is 6. The van der Waals surface area contributed by atoms with E-state index in [0.717, 1.165) is 16.1 Å². The molecule has 0 aliphatic carbocycles. The van der Waals surface area contributed by atoms with Crippen molar-refractivity contribution in [3.63, 3.8) is 0 Å². The van der Waals surface area contributed by atoms with Crippen LogP contribution in [0.5, 0.6) is 0 Å². The van der Waals surface area contributed by atoms with Crippen LogP contribution in [0.15, 0.2) is 66.2 Å². The first kappa shape index (κ1) is 17.6. The molecule has 1 amide bonds. The lowest BCUT2D eigenvalue weighted by Crippen LogP contribution is -2.27. The van der Waals surface area contributed by atoms with Crippen molar-refractivity contribution in [3.8, 4) is 0 Å². The third-order valence-electron chi connectivity index (χ3n) is 4.11. The molecule has 0 bridgehead atoms. The number of carbonyl (C=O) groups excluding carboxylic acids is 1. The molecule has 3 aromatic rings. The highest BCUT2D eigenvalue weighted by Gasteiger charge is 2.21. The molecule has 0 saturated heterocycles. The topological polar surface area (TPSA) is 33.2 Å². The zero-order valence-electron chi connectivity index (χ0n) is 13.9. The van der Waals surface area contributed by atoms with Crippen LogP contribution in [0, 0.1) is 0 Å². The Kier molecular flexibility index (Phi) is 5.84. The van der Waals surface area contributed by atoms with Crippen molar-refractivity contribution in [2.24, 2.45) is 0 Å². The average molecular weight is 371 g/mol. The second kappa shape index (κ2) is 8.28. The van der Waals surface area contributed by atoms with Gasteiger partial charge in [0.15, 0.2) is 0 Å². The van der Waals surface area contributed by atoms with Crippen molar-refractivity contribution < 1.29 is 4.79 Å². The minimum atomic E-state index is -0.0221. The van der Waals surface area contributed by atoms with E-state index in [-0.39, 0.29) is 11.8 Å². The number of nitrogens with zero attached hydrogens (tertiary/aromatic N) is 2. The molecule has 1 heterocycles. The monoisotopic (exact) mass is 370 g/mol. The average Bonchev–Trinajstić information content (AvgIpc) is 3.13. The maximum atomic E-state index is 12.8. The molecule has 0 unspecified atom stereocenters. The van der Waals surface area contributed by atoms with E-state index in [2.05, 4.69) is 17.1 Å². The molecule has 1 atom stereocenters. The van der Waals surface area contributed by atoms with Gasteiger partial charge in [-0.2, -0.15) is 0 Å². The van der Waals surface area contributed by atoms with Crippen LogP contribution in [0.25, 0.3) is 0 Å². The fourth-order valence-corrected chi connectivity index (χ4v) is 3.66. The van der Waals surface area contributed by atoms with Gasteiger partial charge in [-0.15, -0.1) is 11.3 Å². The number of benzene rings is 2. The van der Waals surface area contributed by atoms with E-state index in [0.29, 0.717) is 18.0 Å². The molecular weight excluding hydrogens is 352 g/mol. The Morgan fingerprint density at radius 2 is 1.92 bits per heavy atom. The zero-order valence-corrected chi connectivity index (χ0v) is 15.5. The Morgan fingerprint density at radius 3 is 2.60 bits per heavy atom. The van der Waals surface area contributed by atoms with Gasteiger partial charge in [0.1, 0.15) is 5.01 Å². The van der Waals surface area contributed by atoms with Gasteiger partial charge in [0.2, 0.25) is 5.91 Å². The molecular formula is C20H19ClN2OS. The number of hydrogen-bond acceptors (Lipinski definition) is 3. The zero-order chi connectivity index (χ0) is 17.6. The van der Waals surface area contributed by atoms with Gasteiger partial charge in [0.25, 0.3) is 0 Å². The maximum absolute atomic E-state index is 12.8. The highest BCUT2D eigenvalue weighted by Crippen LogP contribution is 2.30. The summed E-state index contributed by atoms with van der Waals surface area (Å²) in [5.41, 5.74) is 2.16. The number of halogens is 1. The van der Waals surface area contributed by atoms with Crippen LogP contribution >= 0.6 is 22.9 Å². The van der Waals surface area contributed by atoms with E-state index in [4.69, 9.17) is 11.6 Å². The molecule has 25 heavy (non-hydrogen) atoms. The predicted octanol–water partition coefficient (Wildman–Crippen LogP) is 4.98. The summed E-state index contributed by atoms with van der Waals surface area (Å²) in [7, 11) is 1.82. The van der Waals surface area contributed by atoms with Crippen molar-refractivity contribution in [1.29, 1.82) is 0 Å². The minimum absolute atomic E-state index is 0.0221. The molecule has 0 saturated carbocycles. The molecule has 0 spiro atoms. The number of amides is 1. The van der Waals surface area contributed by atoms with E-state index < -0.39 is 0 Å². The molecule has 3 nitrogen and oxygen atoms in total. The van der Waals surface area contributed by atoms with Gasteiger partial charge in [-0.05, 0) is 23.3 Å². The number of carbonyl (C=O) groups is 1. The first-order valence-corrected chi connectivity index (χ1v) is 9.32. The van der Waals surface area contributed by atoms with E-state index >= 15 is 0 Å². The predicted molar refractivity (Wildman–Crippen MR) is 103 cm³/mol. The van der Waals surface area contributed by atoms with Crippen molar-refractivity contribution in [2.75, 3.05) is 7.05 Å². The fraction of sp³-hybridized carbons (Fsp3) is 0.200. The van der Waals surface area contributed by atoms with E-state index in [1.807, 2.05) is 54.9 Å². The van der Waals surface area contributed by atoms with Crippen LogP contribution in [-0.4, -0.2) is 22.8 Å². The normalized spacial score (nSPS) is 11.9. The summed E-state index contributed by atoms with van der Waals surface area (Å²) in [5, 5.41) is 3.55. The molecule has 3 rings (SSSR count). The van der Waals surface area contributed by atoms with Gasteiger partial charge < -0.3 is 4.90 Å². The molecule has 0 aliphatic rings. The van der Waals surface area contributed by atoms with Crippen LogP contribution in [0.1, 0.15) is 28.5 Å². The van der Waals surface area contributed by atoms with E-state index in [1.165, 1.54) is 0 Å². The summed E-state index contributed by atoms with van der Waals surface area (Å²) in [5.74, 6) is 0.0650. The van der Waals surface area contributed by atoms with Gasteiger partial charge in [0, 0.05) is 36.0 Å². The Bertz CT molecular complexity index is 821. The Hall–Kier alpha value is -2.17. The summed E-state index contributed by atoms with van der Waals surface area (Å²) in [6.07, 6.45) is 2.16. The SMILES string of the molecule is CN(Cc1nccs1)C(=O)C[C@@H](c1ccccc1)c1cccc(Cl)c1. The molecule has 0 aliphatic heterocycles. The lowest BCUT2D eigenvalue weighted by Gasteiger charge is -2.22. The molecule has 0 radical (unpaired) electrons. The summed E-state index contributed by atoms with van der Waals surface area (Å²) >= 11 is 7.73. The third-order valence-corrected chi connectivity index (χ3v) is 5.11. The Labute approximate surface area is 156 Å². The molecule has 128 valence electrons. The van der Waals surface area contributed by atoms with E-state index in [9.17, 15) is 4.79 Å². The van der Waals surface area contributed by atoms with Gasteiger partial charge >= 0.3 is 0 Å². The smallest absolute Gasteiger partial charge is 0.223 e. The number of hydrogen-bond donors (Lipinski definition) is 0. The van der Waals surface area contributed by atoms with Gasteiger partial charge in [-0.1, -0.05) is 54.1 Å². The highest BCUT2D eigenvalue weighted by molar-refractivity contribution is 7.09. The molecule has 5 heteroatoms. The third kappa shape index (κ3) is 4.68. The summed E-state index contributed by atoms with van der Waals surface area (Å²) in [6, 6.07) is 17.8. The lowest BCUT2D eigenvalue weighted by atomic mass is 9.88. The fourth-order valence-electron chi connectivity index (χ4n) is 2.79. The largest absolute Gasteiger partial charge is 0.339 e. The van der Waals surface area contributed by atoms with Crippen molar-refractivity contribution in [2.45, 2.75) is 18.9 Å². The lowest BCUT2D eigenvalue weighted by molar-refractivity contribution is -0.130. The summed E-state index contributed by atoms with van der Waals surface area (Å²) < 4.78 is 0. The van der Waals surface area contributed by atoms with E-state index in [1.54, 1.807) is 22.4 Å². The standard InChI is InChI=1S/C20H19ClN2OS/c1-23(14-19-22-10-11-25-19)20(24)13-18(15-6-3-2-4-7-15)16-8-5-9-17(21)12-16/h2-12,18H,13-14H2,1H3/t18-/m0/s1. The number of thiazole rings is 1. The highest BCUT2D eigenvalue weighted by atomic mass is 35.5. The van der Waals surface area contributed by atoms with Crippen LogP contribution < -0.4 is 0 Å². The number of aromatic nitrogens is 1. The van der Waals surface area contributed by atoms with Crippen LogP contribution in [-0.2, 0) is 11.3 Å². The molecule has 0 N–H and O–H groups in total. The van der Waals surface area contributed by atoms with Crippen LogP contribution in [0.4, 0.5) is 0 Å². The van der Waals surface area contributed by atoms with Gasteiger partial charge in [-0.3, -0.25) is 4.79 Å². The quantitative estimate of drug-likeness (QED) is 0.613. The van der Waals surface area contributed by atoms with Gasteiger partial charge in [-0.25, -0.2) is 4.98 Å². The van der Waals surface area contributed by atoms with Crippen LogP contribution in [0.2, 0.25) is 5.02 Å². The maximum Gasteiger partial charge on any atom is 0.223 e. The minimum Gasteiger partial charge on any atom is -0.339 e. The Balaban J connectivity index is 1.81. The van der Waals surface area contributed by atoms with Crippen molar-refractivity contribution in [3.05, 3.63) is 87.3 Å². The molecule has 0 fully saturated rings. The molecule has 2 aromatic carbocycles. The van der Waals surface area contributed by atoms with Crippen LogP contribution in [0.3, 0.4) is 0 Å². The van der Waals surface area contributed by atoms with Gasteiger partial charge in [0.05, 0.1) is 6.54 Å². The second-order valence-electron chi connectivity index (χ2n) is 5.90. The summed E-state index contributed by atoms with van der Waals surface area (Å²) in [4.78, 5) is 18.8. The van der Waals surface area contributed by atoms with Crippen molar-refractivity contribution in [1.82, 2.24) is 9.88 Å². The molecule has 1 aromatic heterocycles.